The van der Waals surface area contributed by atoms with Crippen LogP contribution in [0.4, 0.5) is 4.79 Å². The molecule has 13 heteroatoms. The molecule has 0 saturated carbocycles. The van der Waals surface area contributed by atoms with Crippen molar-refractivity contribution in [2.75, 3.05) is 13.7 Å². The molecule has 146 valence electrons. The molecular formula is C13H22N6O7. The van der Waals surface area contributed by atoms with E-state index in [0.29, 0.717) is 0 Å². The first-order valence-corrected chi connectivity index (χ1v) is 7.57. The van der Waals surface area contributed by atoms with Crippen molar-refractivity contribution in [3.63, 3.8) is 0 Å². The van der Waals surface area contributed by atoms with Gasteiger partial charge in [0.1, 0.15) is 12.1 Å². The highest BCUT2D eigenvalue weighted by Crippen LogP contribution is 2.18. The van der Waals surface area contributed by atoms with Crippen molar-refractivity contribution in [1.29, 1.82) is 0 Å². The SMILES string of the molecule is CN[C@@H](CO)c1nnc([C@H](CC(N)=O)NC(=O)NC(C(=O)O)C(C)O)o1. The minimum Gasteiger partial charge on any atom is -0.480 e. The van der Waals surface area contributed by atoms with E-state index < -0.39 is 48.6 Å². The fourth-order valence-electron chi connectivity index (χ4n) is 1.95. The van der Waals surface area contributed by atoms with Crippen LogP contribution < -0.4 is 21.7 Å². The van der Waals surface area contributed by atoms with Gasteiger partial charge in [0, 0.05) is 0 Å². The van der Waals surface area contributed by atoms with Gasteiger partial charge in [0.2, 0.25) is 17.7 Å². The number of carbonyl (C=O) groups excluding carboxylic acids is 2. The van der Waals surface area contributed by atoms with Gasteiger partial charge in [-0.1, -0.05) is 0 Å². The Morgan fingerprint density at radius 3 is 2.19 bits per heavy atom. The molecule has 1 aromatic heterocycles. The molecule has 0 fully saturated rings. The molecule has 0 radical (unpaired) electrons. The summed E-state index contributed by atoms with van der Waals surface area (Å²) >= 11 is 0. The maximum Gasteiger partial charge on any atom is 0.328 e. The van der Waals surface area contributed by atoms with E-state index in [1.54, 1.807) is 7.05 Å². The third-order valence-electron chi connectivity index (χ3n) is 3.33. The molecule has 0 bridgehead atoms. The number of carboxylic acid groups (broad SMARTS) is 1. The molecule has 0 spiro atoms. The number of nitrogens with one attached hydrogen (secondary N) is 3. The van der Waals surface area contributed by atoms with Crippen LogP contribution in [-0.2, 0) is 9.59 Å². The number of primary amides is 1. The second kappa shape index (κ2) is 9.65. The molecule has 2 unspecified atom stereocenters. The van der Waals surface area contributed by atoms with Crippen LogP contribution >= 0.6 is 0 Å². The van der Waals surface area contributed by atoms with E-state index >= 15 is 0 Å². The number of aromatic nitrogens is 2. The zero-order valence-electron chi connectivity index (χ0n) is 14.2. The summed E-state index contributed by atoms with van der Waals surface area (Å²) in [6.45, 7) is 0.859. The first-order chi connectivity index (χ1) is 12.2. The summed E-state index contributed by atoms with van der Waals surface area (Å²) in [5, 5.41) is 42.0. The first-order valence-electron chi connectivity index (χ1n) is 7.57. The van der Waals surface area contributed by atoms with Gasteiger partial charge < -0.3 is 41.4 Å². The second-order valence-corrected chi connectivity index (χ2v) is 5.40. The van der Waals surface area contributed by atoms with E-state index in [9.17, 15) is 24.6 Å². The number of aliphatic hydroxyl groups is 2. The summed E-state index contributed by atoms with van der Waals surface area (Å²) in [6, 6.07) is -4.33. The Morgan fingerprint density at radius 1 is 1.19 bits per heavy atom. The summed E-state index contributed by atoms with van der Waals surface area (Å²) in [5.74, 6) is -2.37. The number of amides is 3. The monoisotopic (exact) mass is 374 g/mol. The van der Waals surface area contributed by atoms with Crippen molar-refractivity contribution < 1.29 is 34.1 Å². The van der Waals surface area contributed by atoms with Crippen LogP contribution in [0.1, 0.15) is 37.2 Å². The number of hydrogen-bond acceptors (Lipinski definition) is 9. The van der Waals surface area contributed by atoms with Gasteiger partial charge in [-0.25, -0.2) is 9.59 Å². The predicted octanol–water partition coefficient (Wildman–Crippen LogP) is -2.63. The zero-order valence-corrected chi connectivity index (χ0v) is 14.2. The Kier molecular flexibility index (Phi) is 7.89. The molecular weight excluding hydrogens is 352 g/mol. The predicted molar refractivity (Wildman–Crippen MR) is 84.5 cm³/mol. The van der Waals surface area contributed by atoms with E-state index in [2.05, 4.69) is 20.8 Å². The number of aliphatic carboxylic acids is 1. The molecule has 26 heavy (non-hydrogen) atoms. The number of rotatable bonds is 10. The first kappa shape index (κ1) is 21.3. The molecule has 4 atom stereocenters. The van der Waals surface area contributed by atoms with Gasteiger partial charge in [-0.2, -0.15) is 0 Å². The van der Waals surface area contributed by atoms with Crippen LogP contribution in [0.15, 0.2) is 4.42 Å². The number of likely N-dealkylation sites (N-methyl/N-ethyl adjacent to an activating group) is 1. The Balaban J connectivity index is 2.92. The van der Waals surface area contributed by atoms with Crippen LogP contribution in [0.5, 0.6) is 0 Å². The fourth-order valence-corrected chi connectivity index (χ4v) is 1.95. The highest BCUT2D eigenvalue weighted by molar-refractivity contribution is 5.83. The largest absolute Gasteiger partial charge is 0.480 e. The van der Waals surface area contributed by atoms with E-state index in [-0.39, 0.29) is 18.4 Å². The van der Waals surface area contributed by atoms with Crippen molar-refractivity contribution in [1.82, 2.24) is 26.1 Å². The Bertz CT molecular complexity index is 630. The summed E-state index contributed by atoms with van der Waals surface area (Å²) in [6.07, 6.45) is -1.76. The molecule has 0 saturated heterocycles. The molecule has 1 heterocycles. The minimum absolute atomic E-state index is 0.0223. The van der Waals surface area contributed by atoms with Crippen LogP contribution in [0.25, 0.3) is 0 Å². The molecule has 0 aliphatic carbocycles. The van der Waals surface area contributed by atoms with Gasteiger partial charge in [-0.15, -0.1) is 10.2 Å². The third kappa shape index (κ3) is 5.94. The maximum absolute atomic E-state index is 12.0. The van der Waals surface area contributed by atoms with Gasteiger partial charge in [-0.05, 0) is 14.0 Å². The lowest BCUT2D eigenvalue weighted by Gasteiger charge is -2.20. The third-order valence-corrected chi connectivity index (χ3v) is 3.33. The molecule has 0 aromatic carbocycles. The summed E-state index contributed by atoms with van der Waals surface area (Å²) < 4.78 is 5.33. The molecule has 3 amide bonds. The number of carboxylic acids is 1. The highest BCUT2D eigenvalue weighted by atomic mass is 16.4. The van der Waals surface area contributed by atoms with Crippen molar-refractivity contribution >= 4 is 17.9 Å². The Labute approximate surface area is 148 Å². The van der Waals surface area contributed by atoms with Crippen LogP contribution in [0.3, 0.4) is 0 Å². The lowest BCUT2D eigenvalue weighted by atomic mass is 10.2. The average molecular weight is 374 g/mol. The zero-order chi connectivity index (χ0) is 19.9. The highest BCUT2D eigenvalue weighted by Gasteiger charge is 2.29. The minimum atomic E-state index is -1.56. The van der Waals surface area contributed by atoms with Crippen LogP contribution in [0.2, 0.25) is 0 Å². The quantitative estimate of drug-likeness (QED) is 0.226. The van der Waals surface area contributed by atoms with Gasteiger partial charge in [0.05, 0.1) is 19.1 Å². The fraction of sp³-hybridized carbons (Fsp3) is 0.615. The van der Waals surface area contributed by atoms with Crippen molar-refractivity contribution in [3.8, 4) is 0 Å². The number of hydrogen-bond donors (Lipinski definition) is 7. The number of aliphatic hydroxyl groups excluding tert-OH is 2. The molecule has 1 aromatic rings. The summed E-state index contributed by atoms with van der Waals surface area (Å²) in [4.78, 5) is 34.2. The Morgan fingerprint density at radius 2 is 1.77 bits per heavy atom. The smallest absolute Gasteiger partial charge is 0.328 e. The standard InChI is InChI=1S/C13H22N6O7/c1-5(21)9(12(23)24)17-13(25)16-6(3-8(14)22)10-18-19-11(26-10)7(4-20)15-2/h5-7,9,15,20-21H,3-4H2,1-2H3,(H2,14,22)(H,23,24)(H2,16,17,25)/t5?,6-,7-,9?/m0/s1. The van der Waals surface area contributed by atoms with Gasteiger partial charge in [-0.3, -0.25) is 4.79 Å². The average Bonchev–Trinajstić information content (AvgIpc) is 3.02. The topological polar surface area (TPSA) is 213 Å². The van der Waals surface area contributed by atoms with E-state index in [1.165, 1.54) is 6.92 Å². The summed E-state index contributed by atoms with van der Waals surface area (Å²) in [5.41, 5.74) is 5.14. The maximum atomic E-state index is 12.0. The lowest BCUT2D eigenvalue weighted by Crippen LogP contribution is -2.52. The molecule has 0 aliphatic heterocycles. The van der Waals surface area contributed by atoms with E-state index in [0.717, 1.165) is 0 Å². The van der Waals surface area contributed by atoms with Crippen LogP contribution in [-0.4, -0.2) is 69.2 Å². The van der Waals surface area contributed by atoms with Crippen molar-refractivity contribution in [2.45, 2.75) is 37.6 Å². The lowest BCUT2D eigenvalue weighted by molar-refractivity contribution is -0.141. The van der Waals surface area contributed by atoms with Gasteiger partial charge in [0.15, 0.2) is 6.04 Å². The molecule has 1 rings (SSSR count). The molecule has 13 nitrogen and oxygen atoms in total. The second-order valence-electron chi connectivity index (χ2n) is 5.40. The number of nitrogens with zero attached hydrogens (tertiary/aromatic N) is 2. The van der Waals surface area contributed by atoms with E-state index in [4.69, 9.17) is 15.3 Å². The van der Waals surface area contributed by atoms with Crippen molar-refractivity contribution in [3.05, 3.63) is 11.8 Å². The number of urea groups is 1. The molecule has 0 aliphatic rings. The summed E-state index contributed by atoms with van der Waals surface area (Å²) in [7, 11) is 1.56. The van der Waals surface area contributed by atoms with Gasteiger partial charge >= 0.3 is 12.0 Å². The van der Waals surface area contributed by atoms with Crippen LogP contribution in [0, 0.1) is 0 Å². The number of nitrogens with two attached hydrogens (primary N) is 1. The van der Waals surface area contributed by atoms with E-state index in [1.807, 2.05) is 5.32 Å². The normalized spacial score (nSPS) is 15.5. The van der Waals surface area contributed by atoms with Gasteiger partial charge in [0.25, 0.3) is 0 Å². The molecule has 8 N–H and O–H groups in total. The Hall–Kier alpha value is -2.77. The van der Waals surface area contributed by atoms with Crippen molar-refractivity contribution in [2.24, 2.45) is 5.73 Å². The number of carbonyl (C=O) groups is 3.